The standard InChI is InChI=1S/C16H19N3O4S/c1-3-10-19(12-8-9-12)24(21,22)15-13-7-5-6-11-18(13)14(17-15)16(20)23-4-2/h3,5-7,11-12H,1,4,8-10H2,2H3. The monoisotopic (exact) mass is 349 g/mol. The number of fused-ring (bicyclic) bond motifs is 1. The summed E-state index contributed by atoms with van der Waals surface area (Å²) < 4.78 is 33.9. The fourth-order valence-corrected chi connectivity index (χ4v) is 4.34. The van der Waals surface area contributed by atoms with E-state index in [0.29, 0.717) is 5.52 Å². The second kappa shape index (κ2) is 6.37. The molecule has 0 spiro atoms. The average Bonchev–Trinajstić information content (AvgIpc) is 3.31. The van der Waals surface area contributed by atoms with Crippen LogP contribution in [0.3, 0.4) is 0 Å². The average molecular weight is 349 g/mol. The van der Waals surface area contributed by atoms with Crippen LogP contribution in [0.25, 0.3) is 5.52 Å². The molecule has 2 aromatic rings. The van der Waals surface area contributed by atoms with Crippen molar-refractivity contribution in [2.24, 2.45) is 0 Å². The van der Waals surface area contributed by atoms with Gasteiger partial charge >= 0.3 is 5.97 Å². The minimum Gasteiger partial charge on any atom is -0.460 e. The van der Waals surface area contributed by atoms with Gasteiger partial charge < -0.3 is 4.74 Å². The molecule has 0 amide bonds. The lowest BCUT2D eigenvalue weighted by Gasteiger charge is -2.18. The van der Waals surface area contributed by atoms with Gasteiger partial charge in [-0.1, -0.05) is 12.1 Å². The Morgan fingerprint density at radius 3 is 2.88 bits per heavy atom. The van der Waals surface area contributed by atoms with Crippen LogP contribution in [0.4, 0.5) is 0 Å². The molecule has 2 aromatic heterocycles. The Balaban J connectivity index is 2.15. The van der Waals surface area contributed by atoms with E-state index in [-0.39, 0.29) is 30.0 Å². The summed E-state index contributed by atoms with van der Waals surface area (Å²) in [6, 6.07) is 5.01. The maximum absolute atomic E-state index is 13.1. The number of pyridine rings is 1. The molecule has 7 nitrogen and oxygen atoms in total. The number of hydrogen-bond acceptors (Lipinski definition) is 5. The van der Waals surface area contributed by atoms with Gasteiger partial charge in [-0.2, -0.15) is 4.31 Å². The lowest BCUT2D eigenvalue weighted by Crippen LogP contribution is -2.33. The molecule has 24 heavy (non-hydrogen) atoms. The Kier molecular flexibility index (Phi) is 4.42. The summed E-state index contributed by atoms with van der Waals surface area (Å²) in [6.07, 6.45) is 4.80. The van der Waals surface area contributed by atoms with E-state index in [1.54, 1.807) is 37.4 Å². The number of aromatic nitrogens is 2. The predicted octanol–water partition coefficient (Wildman–Crippen LogP) is 1.85. The molecule has 1 aliphatic rings. The molecule has 0 radical (unpaired) electrons. The summed E-state index contributed by atoms with van der Waals surface area (Å²) in [4.78, 5) is 16.2. The number of carbonyl (C=O) groups excluding carboxylic acids is 1. The van der Waals surface area contributed by atoms with Crippen molar-refractivity contribution in [3.05, 3.63) is 42.9 Å². The Labute approximate surface area is 140 Å². The Hall–Kier alpha value is -2.19. The number of rotatable bonds is 7. The molecule has 0 aliphatic heterocycles. The van der Waals surface area contributed by atoms with Gasteiger partial charge in [0.15, 0.2) is 5.03 Å². The highest BCUT2D eigenvalue weighted by Gasteiger charge is 2.40. The number of sulfonamides is 1. The molecule has 2 heterocycles. The first-order valence-electron chi connectivity index (χ1n) is 7.77. The van der Waals surface area contributed by atoms with Gasteiger partial charge in [0.2, 0.25) is 5.82 Å². The van der Waals surface area contributed by atoms with Gasteiger partial charge in [-0.25, -0.2) is 18.2 Å². The number of ether oxygens (including phenoxy) is 1. The fourth-order valence-electron chi connectivity index (χ4n) is 2.58. The van der Waals surface area contributed by atoms with E-state index >= 15 is 0 Å². The lowest BCUT2D eigenvalue weighted by atomic mass is 10.4. The molecule has 0 aromatic carbocycles. The van der Waals surface area contributed by atoms with Crippen LogP contribution in [0.1, 0.15) is 30.4 Å². The van der Waals surface area contributed by atoms with Crippen LogP contribution >= 0.6 is 0 Å². The molecule has 3 rings (SSSR count). The molecule has 0 atom stereocenters. The molecule has 1 saturated carbocycles. The maximum atomic E-state index is 13.1. The summed E-state index contributed by atoms with van der Waals surface area (Å²) in [5, 5.41) is -0.125. The van der Waals surface area contributed by atoms with Crippen molar-refractivity contribution in [2.45, 2.75) is 30.8 Å². The van der Waals surface area contributed by atoms with Gasteiger partial charge in [-0.15, -0.1) is 6.58 Å². The number of nitrogens with zero attached hydrogens (tertiary/aromatic N) is 3. The summed E-state index contributed by atoms with van der Waals surface area (Å²) in [7, 11) is -3.83. The second-order valence-corrected chi connectivity index (χ2v) is 7.32. The molecule has 0 bridgehead atoms. The molecular formula is C16H19N3O4S. The molecule has 0 unspecified atom stereocenters. The van der Waals surface area contributed by atoms with Gasteiger partial charge in [0, 0.05) is 18.8 Å². The zero-order valence-electron chi connectivity index (χ0n) is 13.4. The molecule has 1 fully saturated rings. The largest absolute Gasteiger partial charge is 0.460 e. The van der Waals surface area contributed by atoms with Crippen LogP contribution in [0.15, 0.2) is 42.1 Å². The van der Waals surface area contributed by atoms with E-state index in [1.165, 1.54) is 8.71 Å². The molecule has 1 aliphatic carbocycles. The Morgan fingerprint density at radius 1 is 1.50 bits per heavy atom. The fraction of sp³-hybridized carbons (Fsp3) is 0.375. The van der Waals surface area contributed by atoms with Crippen molar-refractivity contribution >= 4 is 21.5 Å². The number of imidazole rings is 1. The predicted molar refractivity (Wildman–Crippen MR) is 88.3 cm³/mol. The highest BCUT2D eigenvalue weighted by Crippen LogP contribution is 2.33. The quantitative estimate of drug-likeness (QED) is 0.563. The van der Waals surface area contributed by atoms with Crippen LogP contribution in [-0.4, -0.2) is 47.3 Å². The van der Waals surface area contributed by atoms with Crippen molar-refractivity contribution in [3.63, 3.8) is 0 Å². The summed E-state index contributed by atoms with van der Waals surface area (Å²) in [5.74, 6) is -0.692. The molecule has 8 heteroatoms. The van der Waals surface area contributed by atoms with Crippen molar-refractivity contribution in [1.29, 1.82) is 0 Å². The van der Waals surface area contributed by atoms with Crippen LogP contribution in [0, 0.1) is 0 Å². The van der Waals surface area contributed by atoms with Crippen LogP contribution in [0.5, 0.6) is 0 Å². The second-order valence-electron chi connectivity index (χ2n) is 5.51. The third-order valence-electron chi connectivity index (χ3n) is 3.79. The molecule has 0 saturated heterocycles. The normalized spacial score (nSPS) is 14.9. The van der Waals surface area contributed by atoms with Crippen molar-refractivity contribution in [2.75, 3.05) is 13.2 Å². The van der Waals surface area contributed by atoms with E-state index in [4.69, 9.17) is 4.74 Å². The van der Waals surface area contributed by atoms with Crippen LogP contribution in [0.2, 0.25) is 0 Å². The highest BCUT2D eigenvalue weighted by molar-refractivity contribution is 7.89. The topological polar surface area (TPSA) is 81.0 Å². The summed E-state index contributed by atoms with van der Waals surface area (Å²) >= 11 is 0. The smallest absolute Gasteiger partial charge is 0.374 e. The van der Waals surface area contributed by atoms with Crippen molar-refractivity contribution in [3.8, 4) is 0 Å². The van der Waals surface area contributed by atoms with E-state index in [0.717, 1.165) is 12.8 Å². The first-order chi connectivity index (χ1) is 11.5. The zero-order valence-corrected chi connectivity index (χ0v) is 14.2. The first kappa shape index (κ1) is 16.7. The molecular weight excluding hydrogens is 330 g/mol. The summed E-state index contributed by atoms with van der Waals surface area (Å²) in [6.45, 7) is 5.72. The summed E-state index contributed by atoms with van der Waals surface area (Å²) in [5.41, 5.74) is 0.357. The minimum absolute atomic E-state index is 0.0282. The SMILES string of the molecule is C=CCN(C1CC1)S(=O)(=O)c1nc(C(=O)OCC)n2ccccc12. The highest BCUT2D eigenvalue weighted by atomic mass is 32.2. The van der Waals surface area contributed by atoms with Gasteiger partial charge in [-0.3, -0.25) is 4.40 Å². The minimum atomic E-state index is -3.83. The first-order valence-corrected chi connectivity index (χ1v) is 9.21. The number of carbonyl (C=O) groups is 1. The van der Waals surface area contributed by atoms with E-state index in [9.17, 15) is 13.2 Å². The Morgan fingerprint density at radius 2 is 2.25 bits per heavy atom. The molecule has 0 N–H and O–H groups in total. The van der Waals surface area contributed by atoms with E-state index in [2.05, 4.69) is 11.6 Å². The Bertz CT molecular complexity index is 884. The third-order valence-corrected chi connectivity index (χ3v) is 5.64. The lowest BCUT2D eigenvalue weighted by molar-refractivity contribution is 0.0511. The van der Waals surface area contributed by atoms with E-state index < -0.39 is 16.0 Å². The number of hydrogen-bond donors (Lipinski definition) is 0. The maximum Gasteiger partial charge on any atom is 0.374 e. The van der Waals surface area contributed by atoms with Crippen molar-refractivity contribution in [1.82, 2.24) is 13.7 Å². The van der Waals surface area contributed by atoms with Crippen molar-refractivity contribution < 1.29 is 17.9 Å². The van der Waals surface area contributed by atoms with Gasteiger partial charge in [0.1, 0.15) is 0 Å². The van der Waals surface area contributed by atoms with Crippen LogP contribution < -0.4 is 0 Å². The van der Waals surface area contributed by atoms with E-state index in [1.807, 2.05) is 0 Å². The van der Waals surface area contributed by atoms with Crippen LogP contribution in [-0.2, 0) is 14.8 Å². The van der Waals surface area contributed by atoms with Gasteiger partial charge in [-0.05, 0) is 31.9 Å². The number of esters is 1. The zero-order chi connectivity index (χ0) is 17.3. The third kappa shape index (κ3) is 2.83. The molecule has 128 valence electrons. The van der Waals surface area contributed by atoms with Gasteiger partial charge in [0.05, 0.1) is 12.1 Å². The van der Waals surface area contributed by atoms with Gasteiger partial charge in [0.25, 0.3) is 10.0 Å².